The molecular formula is C21H15ClN2O4S. The van der Waals surface area contributed by atoms with Crippen molar-refractivity contribution >= 4 is 46.6 Å². The highest BCUT2D eigenvalue weighted by molar-refractivity contribution is 8.00. The largest absolute Gasteiger partial charge is 0.477 e. The second-order valence-corrected chi connectivity index (χ2v) is 8.54. The van der Waals surface area contributed by atoms with Crippen LogP contribution in [0.2, 0.25) is 0 Å². The lowest BCUT2D eigenvalue weighted by molar-refractivity contribution is -0.147. The number of nitrogens with zero attached hydrogens (tertiary/aromatic N) is 1. The van der Waals surface area contributed by atoms with Crippen LogP contribution in [0.5, 0.6) is 0 Å². The average molecular weight is 427 g/mol. The monoisotopic (exact) mass is 426 g/mol. The van der Waals surface area contributed by atoms with Crippen molar-refractivity contribution in [1.82, 2.24) is 4.90 Å². The summed E-state index contributed by atoms with van der Waals surface area (Å²) in [6, 6.07) is 10.2. The molecule has 1 fully saturated rings. The number of β-lactam (4-membered cyclic amide) rings is 1. The summed E-state index contributed by atoms with van der Waals surface area (Å²) in [6.45, 7) is 0. The molecule has 3 N–H and O–H groups in total. The molecule has 2 aromatic rings. The summed E-state index contributed by atoms with van der Waals surface area (Å²) in [4.78, 5) is 38.2. The third-order valence-electron chi connectivity index (χ3n) is 5.60. The first-order chi connectivity index (χ1) is 13.9. The van der Waals surface area contributed by atoms with Crippen LogP contribution in [0.1, 0.15) is 27.0 Å². The number of benzene rings is 2. The maximum absolute atomic E-state index is 12.8. The fourth-order valence-electron chi connectivity index (χ4n) is 4.13. The second-order valence-electron chi connectivity index (χ2n) is 7.17. The smallest absolute Gasteiger partial charge is 0.352 e. The summed E-state index contributed by atoms with van der Waals surface area (Å²) in [5, 5.41) is 9.43. The van der Waals surface area contributed by atoms with E-state index in [2.05, 4.69) is 0 Å². The Morgan fingerprint density at radius 1 is 1.14 bits per heavy atom. The number of fused-ring (bicyclic) bond motifs is 4. The van der Waals surface area contributed by atoms with Crippen LogP contribution in [0.4, 0.5) is 0 Å². The van der Waals surface area contributed by atoms with E-state index in [-0.39, 0.29) is 22.8 Å². The van der Waals surface area contributed by atoms with Crippen LogP contribution in [0.25, 0.3) is 16.7 Å². The van der Waals surface area contributed by atoms with Crippen molar-refractivity contribution in [1.29, 1.82) is 0 Å². The van der Waals surface area contributed by atoms with Gasteiger partial charge in [0.15, 0.2) is 5.78 Å². The lowest BCUT2D eigenvalue weighted by Gasteiger charge is -2.48. The number of amides is 1. The summed E-state index contributed by atoms with van der Waals surface area (Å²) in [5.74, 6) is -0.861. The van der Waals surface area contributed by atoms with E-state index in [0.717, 1.165) is 16.7 Å². The predicted molar refractivity (Wildman–Crippen MR) is 110 cm³/mol. The van der Waals surface area contributed by atoms with E-state index in [1.165, 1.54) is 16.7 Å². The summed E-state index contributed by atoms with van der Waals surface area (Å²) in [6.07, 6.45) is 0. The van der Waals surface area contributed by atoms with Crippen molar-refractivity contribution in [3.63, 3.8) is 0 Å². The molecule has 2 aromatic carbocycles. The first-order valence-corrected chi connectivity index (χ1v) is 10.6. The Balaban J connectivity index is 1.65. The van der Waals surface area contributed by atoms with Crippen molar-refractivity contribution < 1.29 is 19.5 Å². The van der Waals surface area contributed by atoms with Gasteiger partial charge in [-0.25, -0.2) is 4.79 Å². The van der Waals surface area contributed by atoms with Crippen molar-refractivity contribution in [3.05, 3.63) is 64.3 Å². The number of ketones is 1. The number of carbonyl (C=O) groups excluding carboxylic acids is 2. The number of rotatable bonds is 3. The molecule has 1 saturated heterocycles. The lowest BCUT2D eigenvalue weighted by atomic mass is 9.95. The Hall–Kier alpha value is -2.61. The number of hydrogen-bond acceptors (Lipinski definition) is 5. The third kappa shape index (κ3) is 2.51. The van der Waals surface area contributed by atoms with E-state index in [1.54, 1.807) is 18.2 Å². The first-order valence-electron chi connectivity index (χ1n) is 8.97. The molecule has 1 amide bonds. The van der Waals surface area contributed by atoms with Gasteiger partial charge >= 0.3 is 5.97 Å². The predicted octanol–water partition coefficient (Wildman–Crippen LogP) is 2.67. The van der Waals surface area contributed by atoms with E-state index >= 15 is 0 Å². The quantitative estimate of drug-likeness (QED) is 0.493. The number of carboxylic acids is 1. The van der Waals surface area contributed by atoms with E-state index in [0.29, 0.717) is 33.9 Å². The highest BCUT2D eigenvalue weighted by Crippen LogP contribution is 2.44. The zero-order valence-electron chi connectivity index (χ0n) is 15.0. The fraction of sp³-hybridized carbons (Fsp3) is 0.190. The zero-order valence-corrected chi connectivity index (χ0v) is 16.6. The SMILES string of the molecule is N[C@@H]1C(=O)N2C(C(=O)O)=C(c3ccc4c(c3)-c3ccc(CCl)cc3C4=O)CS[C@@H]12. The van der Waals surface area contributed by atoms with Gasteiger partial charge in [-0.3, -0.25) is 14.5 Å². The molecule has 2 heterocycles. The number of thioether (sulfide) groups is 1. The number of aliphatic carboxylic acids is 1. The number of hydrogen-bond donors (Lipinski definition) is 2. The Bertz CT molecular complexity index is 1160. The molecule has 8 heteroatoms. The molecule has 0 aromatic heterocycles. The molecule has 0 saturated carbocycles. The topological polar surface area (TPSA) is 101 Å². The molecule has 5 rings (SSSR count). The normalized spacial score (nSPS) is 22.2. The van der Waals surface area contributed by atoms with Crippen molar-refractivity contribution in [2.45, 2.75) is 17.3 Å². The second kappa shape index (κ2) is 6.45. The minimum Gasteiger partial charge on any atom is -0.477 e. The first kappa shape index (κ1) is 18.4. The molecule has 0 radical (unpaired) electrons. The highest BCUT2D eigenvalue weighted by Gasteiger charge is 2.51. The highest BCUT2D eigenvalue weighted by atomic mass is 35.5. The molecule has 0 bridgehead atoms. The Labute approximate surface area is 175 Å². The number of halogens is 1. The van der Waals surface area contributed by atoms with E-state index in [9.17, 15) is 19.5 Å². The van der Waals surface area contributed by atoms with Gasteiger partial charge in [0.25, 0.3) is 0 Å². The summed E-state index contributed by atoms with van der Waals surface area (Å²) >= 11 is 7.35. The van der Waals surface area contributed by atoms with Gasteiger partial charge in [-0.1, -0.05) is 18.2 Å². The van der Waals surface area contributed by atoms with Crippen molar-refractivity contribution in [2.75, 3.05) is 5.75 Å². The summed E-state index contributed by atoms with van der Waals surface area (Å²) in [5.41, 5.74) is 10.6. The minimum absolute atomic E-state index is 0.0255. The molecule has 146 valence electrons. The van der Waals surface area contributed by atoms with Gasteiger partial charge in [-0.2, -0.15) is 0 Å². The van der Waals surface area contributed by atoms with Crippen LogP contribution in [-0.2, 0) is 15.5 Å². The average Bonchev–Trinajstić information content (AvgIpc) is 3.02. The van der Waals surface area contributed by atoms with E-state index in [4.69, 9.17) is 17.3 Å². The number of carboxylic acid groups (broad SMARTS) is 1. The molecule has 6 nitrogen and oxygen atoms in total. The van der Waals surface area contributed by atoms with Crippen LogP contribution >= 0.6 is 23.4 Å². The number of nitrogens with two attached hydrogens (primary N) is 1. The van der Waals surface area contributed by atoms with E-state index < -0.39 is 12.0 Å². The molecular weight excluding hydrogens is 412 g/mol. The fourth-order valence-corrected chi connectivity index (χ4v) is 5.62. The Kier molecular flexibility index (Phi) is 4.10. The zero-order chi connectivity index (χ0) is 20.4. The van der Waals surface area contributed by atoms with Crippen LogP contribution in [0.3, 0.4) is 0 Å². The summed E-state index contributed by atoms with van der Waals surface area (Å²) < 4.78 is 0. The molecule has 0 unspecified atom stereocenters. The van der Waals surface area contributed by atoms with E-state index in [1.807, 2.05) is 18.2 Å². The molecule has 0 spiro atoms. The minimum atomic E-state index is -1.16. The lowest BCUT2D eigenvalue weighted by Crippen LogP contribution is -2.68. The van der Waals surface area contributed by atoms with Gasteiger partial charge in [-0.15, -0.1) is 23.4 Å². The Morgan fingerprint density at radius 3 is 2.62 bits per heavy atom. The van der Waals surface area contributed by atoms with Crippen LogP contribution < -0.4 is 5.73 Å². The van der Waals surface area contributed by atoms with Gasteiger partial charge in [-0.05, 0) is 40.5 Å². The van der Waals surface area contributed by atoms with Crippen LogP contribution in [0, 0.1) is 0 Å². The summed E-state index contributed by atoms with van der Waals surface area (Å²) in [7, 11) is 0. The Morgan fingerprint density at radius 2 is 1.90 bits per heavy atom. The van der Waals surface area contributed by atoms with Crippen molar-refractivity contribution in [3.8, 4) is 11.1 Å². The molecule has 29 heavy (non-hydrogen) atoms. The van der Waals surface area contributed by atoms with Gasteiger partial charge in [0.2, 0.25) is 5.91 Å². The molecule has 2 atom stereocenters. The molecule has 3 aliphatic rings. The van der Waals surface area contributed by atoms with Crippen molar-refractivity contribution in [2.24, 2.45) is 5.73 Å². The number of carbonyl (C=O) groups is 3. The number of alkyl halides is 1. The third-order valence-corrected chi connectivity index (χ3v) is 7.21. The molecule has 1 aliphatic carbocycles. The van der Waals surface area contributed by atoms with Gasteiger partial charge in [0.1, 0.15) is 17.1 Å². The van der Waals surface area contributed by atoms with Gasteiger partial charge in [0, 0.05) is 28.3 Å². The van der Waals surface area contributed by atoms with Gasteiger partial charge in [0.05, 0.1) is 0 Å². The van der Waals surface area contributed by atoms with Crippen LogP contribution in [0.15, 0.2) is 42.1 Å². The maximum Gasteiger partial charge on any atom is 0.352 e. The van der Waals surface area contributed by atoms with Gasteiger partial charge < -0.3 is 10.8 Å². The standard InChI is InChI=1S/C21H15ClN2O4S/c22-7-9-1-3-11-13-6-10(2-4-12(13)18(25)14(11)5-9)15-8-29-20-16(23)19(26)24(20)17(15)21(27)28/h1-6,16,20H,7-8,23H2,(H,27,28)/t16-,20+/m1/s1. The maximum atomic E-state index is 12.8. The molecule has 2 aliphatic heterocycles. The van der Waals surface area contributed by atoms with Crippen LogP contribution in [-0.4, -0.2) is 44.8 Å².